The summed E-state index contributed by atoms with van der Waals surface area (Å²) in [5, 5.41) is -0.143. The number of benzene rings is 3. The van der Waals surface area contributed by atoms with E-state index in [0.717, 1.165) is 17.2 Å². The van der Waals surface area contributed by atoms with Crippen LogP contribution in [0.25, 0.3) is 22.1 Å². The van der Waals surface area contributed by atoms with E-state index in [1.165, 1.54) is 31.2 Å². The van der Waals surface area contributed by atoms with Gasteiger partial charge in [-0.05, 0) is 49.2 Å². The molecule has 0 aliphatic carbocycles. The monoisotopic (exact) mass is 498 g/mol. The van der Waals surface area contributed by atoms with Gasteiger partial charge in [-0.25, -0.2) is 4.79 Å². The predicted molar refractivity (Wildman–Crippen MR) is 126 cm³/mol. The lowest BCUT2D eigenvalue weighted by molar-refractivity contribution is -0.154. The third kappa shape index (κ3) is 5.35. The Labute approximate surface area is 203 Å². The first-order chi connectivity index (χ1) is 17.2. The molecule has 1 aromatic heterocycles. The molecule has 0 saturated carbocycles. The molecule has 0 fully saturated rings. The van der Waals surface area contributed by atoms with E-state index >= 15 is 0 Å². The molecule has 0 aliphatic rings. The van der Waals surface area contributed by atoms with E-state index in [1.54, 1.807) is 19.1 Å². The summed E-state index contributed by atoms with van der Waals surface area (Å²) < 4.78 is 62.3. The van der Waals surface area contributed by atoms with Gasteiger partial charge in [0.25, 0.3) is 5.76 Å². The fourth-order valence-electron chi connectivity index (χ4n) is 3.48. The molecule has 0 amide bonds. The van der Waals surface area contributed by atoms with Crippen molar-refractivity contribution in [1.82, 2.24) is 0 Å². The third-order valence-corrected chi connectivity index (χ3v) is 5.19. The third-order valence-electron chi connectivity index (χ3n) is 5.19. The molecule has 0 spiro atoms. The molecule has 0 radical (unpaired) electrons. The maximum absolute atomic E-state index is 13.8. The number of carbonyl (C=O) groups excluding carboxylic acids is 1. The normalized spacial score (nSPS) is 12.2. The molecule has 9 heteroatoms. The van der Waals surface area contributed by atoms with Crippen molar-refractivity contribution >= 4 is 16.9 Å². The summed E-state index contributed by atoms with van der Waals surface area (Å²) in [7, 11) is 0. The number of ether oxygens (including phenoxy) is 3. The molecule has 1 heterocycles. The molecule has 186 valence electrons. The number of hydrogen-bond donors (Lipinski definition) is 0. The average Bonchev–Trinajstić information content (AvgIpc) is 2.86. The number of esters is 1. The highest BCUT2D eigenvalue weighted by atomic mass is 19.4. The predicted octanol–water partition coefficient (Wildman–Crippen LogP) is 6.60. The standard InChI is InChI=1S/C27H21F3O6/c1-3-33-26(32)16(2)34-20-13-14-21-22(15-20)36-25(27(28,29)30)24(23(21)31)35-19-11-9-18(10-12-19)17-7-5-4-6-8-17/h4-16H,3H2,1-2H3/t16-/m0/s1. The van der Waals surface area contributed by atoms with Gasteiger partial charge < -0.3 is 18.6 Å². The Morgan fingerprint density at radius 2 is 1.58 bits per heavy atom. The Bertz CT molecular complexity index is 1430. The molecular weight excluding hydrogens is 477 g/mol. The van der Waals surface area contributed by atoms with Crippen molar-refractivity contribution < 1.29 is 36.6 Å². The Morgan fingerprint density at radius 1 is 0.944 bits per heavy atom. The second kappa shape index (κ2) is 10.2. The van der Waals surface area contributed by atoms with Gasteiger partial charge in [0.1, 0.15) is 17.1 Å². The summed E-state index contributed by atoms with van der Waals surface area (Å²) in [6.45, 7) is 3.20. The SMILES string of the molecule is CCOC(=O)[C@H](C)Oc1ccc2c(=O)c(Oc3ccc(-c4ccccc4)cc3)c(C(F)(F)F)oc2c1. The fourth-order valence-corrected chi connectivity index (χ4v) is 3.48. The first-order valence-corrected chi connectivity index (χ1v) is 11.0. The summed E-state index contributed by atoms with van der Waals surface area (Å²) in [4.78, 5) is 24.8. The minimum Gasteiger partial charge on any atom is -0.479 e. The van der Waals surface area contributed by atoms with Gasteiger partial charge in [0.05, 0.1) is 12.0 Å². The first-order valence-electron chi connectivity index (χ1n) is 11.0. The highest BCUT2D eigenvalue weighted by molar-refractivity contribution is 5.80. The average molecular weight is 498 g/mol. The summed E-state index contributed by atoms with van der Waals surface area (Å²) >= 11 is 0. The van der Waals surface area contributed by atoms with E-state index in [4.69, 9.17) is 18.6 Å². The van der Waals surface area contributed by atoms with Crippen LogP contribution in [0.5, 0.6) is 17.2 Å². The lowest BCUT2D eigenvalue weighted by Gasteiger charge is -2.15. The van der Waals surface area contributed by atoms with Crippen LogP contribution in [-0.4, -0.2) is 18.7 Å². The van der Waals surface area contributed by atoms with Crippen molar-refractivity contribution in [3.8, 4) is 28.4 Å². The van der Waals surface area contributed by atoms with Crippen LogP contribution < -0.4 is 14.9 Å². The molecule has 0 unspecified atom stereocenters. The zero-order valence-corrected chi connectivity index (χ0v) is 19.3. The molecular formula is C27H21F3O6. The molecule has 3 aromatic carbocycles. The molecule has 0 bridgehead atoms. The van der Waals surface area contributed by atoms with Gasteiger partial charge >= 0.3 is 12.1 Å². The highest BCUT2D eigenvalue weighted by Gasteiger charge is 2.40. The van der Waals surface area contributed by atoms with Crippen molar-refractivity contribution in [3.63, 3.8) is 0 Å². The summed E-state index contributed by atoms with van der Waals surface area (Å²) in [6.07, 6.45) is -6.03. The van der Waals surface area contributed by atoms with E-state index in [1.807, 2.05) is 30.3 Å². The van der Waals surface area contributed by atoms with Gasteiger partial charge in [-0.3, -0.25) is 4.79 Å². The molecule has 36 heavy (non-hydrogen) atoms. The van der Waals surface area contributed by atoms with Gasteiger partial charge in [0, 0.05) is 6.07 Å². The van der Waals surface area contributed by atoms with Crippen LogP contribution in [-0.2, 0) is 15.7 Å². The first kappa shape index (κ1) is 24.8. The van der Waals surface area contributed by atoms with E-state index in [2.05, 4.69) is 0 Å². The van der Waals surface area contributed by atoms with Crippen molar-refractivity contribution in [2.24, 2.45) is 0 Å². The number of carbonyl (C=O) groups is 1. The Balaban J connectivity index is 1.69. The second-order valence-electron chi connectivity index (χ2n) is 7.75. The Hall–Kier alpha value is -4.27. The molecule has 4 rings (SSSR count). The lowest BCUT2D eigenvalue weighted by atomic mass is 10.1. The van der Waals surface area contributed by atoms with Crippen LogP contribution in [0.2, 0.25) is 0 Å². The largest absolute Gasteiger partial charge is 0.479 e. The fraction of sp³-hybridized carbons (Fsp3) is 0.185. The quantitative estimate of drug-likeness (QED) is 0.267. The maximum atomic E-state index is 13.8. The summed E-state index contributed by atoms with van der Waals surface area (Å²) in [5.41, 5.74) is 0.378. The van der Waals surface area contributed by atoms with Crippen LogP contribution in [0, 0.1) is 0 Å². The van der Waals surface area contributed by atoms with Gasteiger partial charge in [-0.2, -0.15) is 13.2 Å². The van der Waals surface area contributed by atoms with Crippen molar-refractivity contribution in [2.45, 2.75) is 26.1 Å². The second-order valence-corrected chi connectivity index (χ2v) is 7.75. The highest BCUT2D eigenvalue weighted by Crippen LogP contribution is 2.39. The van der Waals surface area contributed by atoms with E-state index in [-0.39, 0.29) is 29.1 Å². The van der Waals surface area contributed by atoms with Gasteiger partial charge in [0.2, 0.25) is 11.2 Å². The number of rotatable bonds is 7. The summed E-state index contributed by atoms with van der Waals surface area (Å²) in [6, 6.07) is 19.4. The zero-order valence-electron chi connectivity index (χ0n) is 19.3. The van der Waals surface area contributed by atoms with E-state index in [9.17, 15) is 22.8 Å². The van der Waals surface area contributed by atoms with Crippen LogP contribution in [0.1, 0.15) is 19.6 Å². The smallest absolute Gasteiger partial charge is 0.453 e. The molecule has 0 N–H and O–H groups in total. The molecule has 0 saturated heterocycles. The van der Waals surface area contributed by atoms with Gasteiger partial charge in [0.15, 0.2) is 6.10 Å². The summed E-state index contributed by atoms with van der Waals surface area (Å²) in [5.74, 6) is -3.13. The maximum Gasteiger partial charge on any atom is 0.453 e. The molecule has 4 aromatic rings. The van der Waals surface area contributed by atoms with E-state index < -0.39 is 35.2 Å². The molecule has 0 aliphatic heterocycles. The van der Waals surface area contributed by atoms with Crippen LogP contribution in [0.15, 0.2) is 82.0 Å². The Morgan fingerprint density at radius 3 is 2.22 bits per heavy atom. The van der Waals surface area contributed by atoms with Crippen LogP contribution >= 0.6 is 0 Å². The number of alkyl halides is 3. The number of halogens is 3. The molecule has 1 atom stereocenters. The minimum atomic E-state index is -5.01. The zero-order chi connectivity index (χ0) is 25.9. The topological polar surface area (TPSA) is 75.0 Å². The number of hydrogen-bond acceptors (Lipinski definition) is 6. The van der Waals surface area contributed by atoms with Crippen molar-refractivity contribution in [3.05, 3.63) is 88.8 Å². The molecule has 6 nitrogen and oxygen atoms in total. The lowest BCUT2D eigenvalue weighted by Crippen LogP contribution is -2.26. The van der Waals surface area contributed by atoms with Crippen molar-refractivity contribution in [1.29, 1.82) is 0 Å². The Kier molecular flexibility index (Phi) is 7.00. The van der Waals surface area contributed by atoms with E-state index in [0.29, 0.717) is 0 Å². The van der Waals surface area contributed by atoms with Crippen molar-refractivity contribution in [2.75, 3.05) is 6.61 Å². The minimum absolute atomic E-state index is 0.0319. The van der Waals surface area contributed by atoms with Gasteiger partial charge in [-0.1, -0.05) is 42.5 Å². The van der Waals surface area contributed by atoms with Gasteiger partial charge in [-0.15, -0.1) is 0 Å². The van der Waals surface area contributed by atoms with Crippen LogP contribution in [0.3, 0.4) is 0 Å². The number of fused-ring (bicyclic) bond motifs is 1. The van der Waals surface area contributed by atoms with Crippen LogP contribution in [0.4, 0.5) is 13.2 Å².